The number of nitrogens with zero attached hydrogens (tertiary/aromatic N) is 3. The summed E-state index contributed by atoms with van der Waals surface area (Å²) in [7, 11) is 0. The molecule has 5 rings (SSSR count). The molecule has 4 unspecified atom stereocenters. The molecule has 0 amide bonds. The summed E-state index contributed by atoms with van der Waals surface area (Å²) in [4.78, 5) is 0. The highest BCUT2D eigenvalue weighted by Gasteiger charge is 2.80. The highest BCUT2D eigenvalue weighted by atomic mass is 16.7. The number of hydrogen-bond donors (Lipinski definition) is 1. The molecule has 2 bridgehead atoms. The standard InChI is InChI=1S/C26H22N4O3/c27-15-24(16-28)22(19-9-11-20(12-10-19)31-14-18-6-2-1-3-7-18)32-26-13-5-4-8-21(26)25(24,17-29)23(30)33-26/h1-3,6-7,9-12,21-22,30H,4-5,8,13-14H2. The van der Waals surface area contributed by atoms with Crippen molar-refractivity contribution in [2.24, 2.45) is 16.7 Å². The maximum atomic E-state index is 10.3. The lowest BCUT2D eigenvalue weighted by molar-refractivity contribution is -0.294. The van der Waals surface area contributed by atoms with E-state index in [-0.39, 0.29) is 5.90 Å². The molecule has 7 nitrogen and oxygen atoms in total. The number of nitriles is 3. The van der Waals surface area contributed by atoms with Crippen molar-refractivity contribution in [1.29, 1.82) is 21.2 Å². The lowest BCUT2D eigenvalue weighted by atomic mass is 9.51. The molecular weight excluding hydrogens is 416 g/mol. The molecule has 2 aromatic carbocycles. The van der Waals surface area contributed by atoms with Crippen LogP contribution in [-0.4, -0.2) is 11.7 Å². The average Bonchev–Trinajstić information content (AvgIpc) is 3.08. The van der Waals surface area contributed by atoms with Crippen LogP contribution in [0.5, 0.6) is 5.75 Å². The van der Waals surface area contributed by atoms with Crippen LogP contribution < -0.4 is 4.74 Å². The number of ether oxygens (including phenoxy) is 3. The van der Waals surface area contributed by atoms with Gasteiger partial charge in [0.25, 0.3) is 0 Å². The summed E-state index contributed by atoms with van der Waals surface area (Å²) in [5.41, 5.74) is -1.97. The van der Waals surface area contributed by atoms with E-state index in [9.17, 15) is 15.8 Å². The molecule has 164 valence electrons. The quantitative estimate of drug-likeness (QED) is 0.733. The van der Waals surface area contributed by atoms with Crippen LogP contribution >= 0.6 is 0 Å². The van der Waals surface area contributed by atoms with Gasteiger partial charge in [0.05, 0.1) is 24.1 Å². The Kier molecular flexibility index (Phi) is 4.85. The van der Waals surface area contributed by atoms with Crippen LogP contribution in [0.15, 0.2) is 54.6 Å². The van der Waals surface area contributed by atoms with Crippen LogP contribution in [0.4, 0.5) is 0 Å². The Labute approximate surface area is 192 Å². The lowest BCUT2D eigenvalue weighted by Crippen LogP contribution is -2.60. The molecule has 0 aromatic heterocycles. The van der Waals surface area contributed by atoms with Crippen molar-refractivity contribution in [2.45, 2.75) is 44.2 Å². The molecule has 4 atom stereocenters. The molecular formula is C26H22N4O3. The molecule has 0 spiro atoms. The molecule has 2 saturated heterocycles. The topological polar surface area (TPSA) is 123 Å². The van der Waals surface area contributed by atoms with Gasteiger partial charge < -0.3 is 14.2 Å². The summed E-state index contributed by atoms with van der Waals surface area (Å²) in [6.45, 7) is 0.410. The van der Waals surface area contributed by atoms with E-state index in [0.717, 1.165) is 18.4 Å². The third kappa shape index (κ3) is 2.78. The zero-order valence-corrected chi connectivity index (χ0v) is 18.0. The minimum Gasteiger partial charge on any atom is -0.489 e. The predicted octanol–water partition coefficient (Wildman–Crippen LogP) is 4.77. The molecule has 2 heterocycles. The van der Waals surface area contributed by atoms with Crippen molar-refractivity contribution < 1.29 is 14.2 Å². The summed E-state index contributed by atoms with van der Waals surface area (Å²) >= 11 is 0. The van der Waals surface area contributed by atoms with E-state index < -0.39 is 28.6 Å². The van der Waals surface area contributed by atoms with E-state index in [0.29, 0.717) is 30.8 Å². The minimum atomic E-state index is -1.91. The third-order valence-electron chi connectivity index (χ3n) is 7.25. The normalized spacial score (nSPS) is 31.2. The van der Waals surface area contributed by atoms with Crippen LogP contribution in [0.3, 0.4) is 0 Å². The van der Waals surface area contributed by atoms with Crippen molar-refractivity contribution in [1.82, 2.24) is 0 Å². The summed E-state index contributed by atoms with van der Waals surface area (Å²) in [5.74, 6) is -1.38. The van der Waals surface area contributed by atoms with Crippen molar-refractivity contribution >= 4 is 5.90 Å². The van der Waals surface area contributed by atoms with Crippen molar-refractivity contribution in [3.05, 3.63) is 65.7 Å². The van der Waals surface area contributed by atoms with Gasteiger partial charge in [0, 0.05) is 6.42 Å². The molecule has 1 saturated carbocycles. The first kappa shape index (κ1) is 21.0. The zero-order valence-electron chi connectivity index (χ0n) is 18.0. The smallest absolute Gasteiger partial charge is 0.217 e. The predicted molar refractivity (Wildman–Crippen MR) is 116 cm³/mol. The molecule has 1 aliphatic carbocycles. The Bertz CT molecular complexity index is 1190. The average molecular weight is 438 g/mol. The number of benzene rings is 2. The van der Waals surface area contributed by atoms with Gasteiger partial charge in [0.15, 0.2) is 5.41 Å². The second kappa shape index (κ2) is 7.62. The fourth-order valence-corrected chi connectivity index (χ4v) is 5.64. The molecule has 1 N–H and O–H groups in total. The SMILES string of the molecule is N#CC1(C#N)C(c2ccc(OCc3ccccc3)cc2)OC23CCCCC2C1(C#N)C(=N)O3. The van der Waals surface area contributed by atoms with Crippen LogP contribution in [0.2, 0.25) is 0 Å². The monoisotopic (exact) mass is 438 g/mol. The summed E-state index contributed by atoms with van der Waals surface area (Å²) in [5, 5.41) is 39.4. The second-order valence-corrected chi connectivity index (χ2v) is 8.83. The van der Waals surface area contributed by atoms with E-state index in [4.69, 9.17) is 19.6 Å². The van der Waals surface area contributed by atoms with Gasteiger partial charge in [-0.2, -0.15) is 15.8 Å². The van der Waals surface area contributed by atoms with Gasteiger partial charge in [0.2, 0.25) is 17.1 Å². The highest BCUT2D eigenvalue weighted by molar-refractivity contribution is 5.89. The van der Waals surface area contributed by atoms with E-state index in [1.54, 1.807) is 24.3 Å². The molecule has 2 aromatic rings. The Hall–Kier alpha value is -3.86. The van der Waals surface area contributed by atoms with E-state index in [2.05, 4.69) is 18.2 Å². The number of nitrogens with one attached hydrogen (secondary N) is 1. The first-order chi connectivity index (χ1) is 16.0. The van der Waals surface area contributed by atoms with Crippen molar-refractivity contribution in [3.8, 4) is 24.0 Å². The molecule has 2 aliphatic heterocycles. The van der Waals surface area contributed by atoms with Gasteiger partial charge in [-0.15, -0.1) is 0 Å². The Morgan fingerprint density at radius 3 is 2.36 bits per heavy atom. The van der Waals surface area contributed by atoms with Gasteiger partial charge in [-0.3, -0.25) is 5.41 Å². The molecule has 7 heteroatoms. The summed E-state index contributed by atoms with van der Waals surface area (Å²) in [6.07, 6.45) is 1.72. The van der Waals surface area contributed by atoms with E-state index >= 15 is 0 Å². The van der Waals surface area contributed by atoms with Gasteiger partial charge in [-0.1, -0.05) is 48.9 Å². The molecule has 3 fully saturated rings. The fraction of sp³-hybridized carbons (Fsp3) is 0.385. The Morgan fingerprint density at radius 2 is 1.70 bits per heavy atom. The largest absolute Gasteiger partial charge is 0.489 e. The highest BCUT2D eigenvalue weighted by Crippen LogP contribution is 2.69. The van der Waals surface area contributed by atoms with Crippen LogP contribution in [0.25, 0.3) is 0 Å². The molecule has 3 aliphatic rings. The first-order valence-electron chi connectivity index (χ1n) is 11.0. The van der Waals surface area contributed by atoms with Crippen LogP contribution in [-0.2, 0) is 16.1 Å². The van der Waals surface area contributed by atoms with E-state index in [1.165, 1.54) is 0 Å². The van der Waals surface area contributed by atoms with Gasteiger partial charge in [0.1, 0.15) is 18.5 Å². The van der Waals surface area contributed by atoms with Crippen molar-refractivity contribution in [3.63, 3.8) is 0 Å². The molecule has 0 radical (unpaired) electrons. The Balaban J connectivity index is 1.51. The van der Waals surface area contributed by atoms with Crippen LogP contribution in [0.1, 0.15) is 42.9 Å². The third-order valence-corrected chi connectivity index (χ3v) is 7.25. The number of rotatable bonds is 4. The fourth-order valence-electron chi connectivity index (χ4n) is 5.64. The van der Waals surface area contributed by atoms with E-state index in [1.807, 2.05) is 30.3 Å². The molecule has 33 heavy (non-hydrogen) atoms. The first-order valence-corrected chi connectivity index (χ1v) is 11.0. The van der Waals surface area contributed by atoms with Gasteiger partial charge in [-0.25, -0.2) is 0 Å². The lowest BCUT2D eigenvalue weighted by Gasteiger charge is -2.51. The summed E-state index contributed by atoms with van der Waals surface area (Å²) in [6, 6.07) is 23.2. The van der Waals surface area contributed by atoms with Gasteiger partial charge in [-0.05, 0) is 36.1 Å². The van der Waals surface area contributed by atoms with Crippen LogP contribution in [0, 0.1) is 56.2 Å². The maximum Gasteiger partial charge on any atom is 0.217 e. The van der Waals surface area contributed by atoms with Gasteiger partial charge >= 0.3 is 0 Å². The zero-order chi connectivity index (χ0) is 23.1. The minimum absolute atomic E-state index is 0.328. The summed E-state index contributed by atoms with van der Waals surface area (Å²) < 4.78 is 18.2. The maximum absolute atomic E-state index is 10.3. The second-order valence-electron chi connectivity index (χ2n) is 8.83. The van der Waals surface area contributed by atoms with Crippen molar-refractivity contribution in [2.75, 3.05) is 0 Å². The number of hydrogen-bond acceptors (Lipinski definition) is 7. The Morgan fingerprint density at radius 1 is 0.970 bits per heavy atom.